The van der Waals surface area contributed by atoms with E-state index < -0.39 is 0 Å². The predicted octanol–water partition coefficient (Wildman–Crippen LogP) is 0.526. The second kappa shape index (κ2) is 6.43. The van der Waals surface area contributed by atoms with Crippen molar-refractivity contribution in [1.82, 2.24) is 0 Å². The van der Waals surface area contributed by atoms with E-state index in [2.05, 4.69) is 0 Å². The van der Waals surface area contributed by atoms with E-state index in [1.807, 2.05) is 13.8 Å². The zero-order chi connectivity index (χ0) is 11.3. The summed E-state index contributed by atoms with van der Waals surface area (Å²) in [4.78, 5) is 0. The summed E-state index contributed by atoms with van der Waals surface area (Å²) >= 11 is 0. The van der Waals surface area contributed by atoms with Crippen molar-refractivity contribution in [2.24, 2.45) is 11.7 Å². The van der Waals surface area contributed by atoms with Gasteiger partial charge in [0.1, 0.15) is 0 Å². The molecule has 1 aliphatic rings. The number of rotatable bonds is 8. The summed E-state index contributed by atoms with van der Waals surface area (Å²) in [7, 11) is 0. The lowest BCUT2D eigenvalue weighted by atomic mass is 10.1. The van der Waals surface area contributed by atoms with Crippen LogP contribution < -0.4 is 5.73 Å². The van der Waals surface area contributed by atoms with Crippen molar-refractivity contribution >= 4 is 0 Å². The summed E-state index contributed by atoms with van der Waals surface area (Å²) in [6, 6.07) is -0.0194. The van der Waals surface area contributed by atoms with E-state index >= 15 is 0 Å². The van der Waals surface area contributed by atoms with Crippen LogP contribution in [0.4, 0.5) is 0 Å². The molecule has 0 radical (unpaired) electrons. The van der Waals surface area contributed by atoms with Crippen LogP contribution >= 0.6 is 0 Å². The van der Waals surface area contributed by atoms with E-state index in [9.17, 15) is 0 Å². The van der Waals surface area contributed by atoms with Crippen LogP contribution in [0.2, 0.25) is 0 Å². The van der Waals surface area contributed by atoms with Crippen LogP contribution in [0, 0.1) is 5.92 Å². The number of aliphatic hydroxyl groups excluding tert-OH is 1. The van der Waals surface area contributed by atoms with E-state index in [0.29, 0.717) is 19.1 Å². The van der Waals surface area contributed by atoms with Gasteiger partial charge in [0, 0.05) is 6.04 Å². The first-order valence-electron chi connectivity index (χ1n) is 5.74. The predicted molar refractivity (Wildman–Crippen MR) is 58.6 cm³/mol. The summed E-state index contributed by atoms with van der Waals surface area (Å²) in [5.41, 5.74) is 5.95. The minimum atomic E-state index is -0.228. The molecular formula is C11H23NO3. The van der Waals surface area contributed by atoms with E-state index in [4.69, 9.17) is 20.3 Å². The van der Waals surface area contributed by atoms with Crippen LogP contribution in [0.3, 0.4) is 0 Å². The van der Waals surface area contributed by atoms with Crippen LogP contribution in [0.15, 0.2) is 0 Å². The van der Waals surface area contributed by atoms with Crippen molar-refractivity contribution in [3.05, 3.63) is 0 Å². The molecule has 1 fully saturated rings. The monoisotopic (exact) mass is 217 g/mol. The van der Waals surface area contributed by atoms with E-state index in [0.717, 1.165) is 0 Å². The first-order valence-corrected chi connectivity index (χ1v) is 5.74. The molecule has 0 aliphatic heterocycles. The smallest absolute Gasteiger partial charge is 0.0959 e. The second-order valence-corrected chi connectivity index (χ2v) is 4.43. The average Bonchev–Trinajstić information content (AvgIpc) is 3.00. The Labute approximate surface area is 91.7 Å². The lowest BCUT2D eigenvalue weighted by molar-refractivity contribution is -0.0426. The molecule has 2 unspecified atom stereocenters. The molecule has 0 spiro atoms. The zero-order valence-corrected chi connectivity index (χ0v) is 9.69. The van der Waals surface area contributed by atoms with Gasteiger partial charge in [-0.1, -0.05) is 0 Å². The standard InChI is InChI=1S/C11H23NO3/c1-8(2)14-5-6-15-10(7-13)11(12)9-3-4-9/h8-11,13H,3-7,12H2,1-2H3. The molecule has 0 amide bonds. The molecule has 0 aromatic rings. The van der Waals surface area contributed by atoms with Gasteiger partial charge < -0.3 is 20.3 Å². The van der Waals surface area contributed by atoms with Gasteiger partial charge >= 0.3 is 0 Å². The SMILES string of the molecule is CC(C)OCCOC(CO)C(N)C1CC1. The molecule has 1 rings (SSSR count). The quantitative estimate of drug-likeness (QED) is 0.582. The minimum absolute atomic E-state index is 0.000650. The molecule has 1 saturated carbocycles. The number of nitrogens with two attached hydrogens (primary N) is 1. The fraction of sp³-hybridized carbons (Fsp3) is 1.00. The summed E-state index contributed by atoms with van der Waals surface area (Å²) in [5, 5.41) is 9.14. The Balaban J connectivity index is 2.10. The fourth-order valence-corrected chi connectivity index (χ4v) is 1.55. The number of ether oxygens (including phenoxy) is 2. The third-order valence-electron chi connectivity index (χ3n) is 2.64. The largest absolute Gasteiger partial charge is 0.394 e. The van der Waals surface area contributed by atoms with Crippen LogP contribution in [0.1, 0.15) is 26.7 Å². The van der Waals surface area contributed by atoms with Gasteiger partial charge in [0.15, 0.2) is 0 Å². The molecule has 15 heavy (non-hydrogen) atoms. The molecule has 4 heteroatoms. The molecule has 4 nitrogen and oxygen atoms in total. The molecular weight excluding hydrogens is 194 g/mol. The topological polar surface area (TPSA) is 64.7 Å². The van der Waals surface area contributed by atoms with Gasteiger partial charge in [0.05, 0.1) is 32.0 Å². The first-order chi connectivity index (χ1) is 7.15. The van der Waals surface area contributed by atoms with Gasteiger partial charge in [-0.2, -0.15) is 0 Å². The van der Waals surface area contributed by atoms with Gasteiger partial charge in [0.2, 0.25) is 0 Å². The third kappa shape index (κ3) is 4.93. The highest BCUT2D eigenvalue weighted by molar-refractivity contribution is 4.89. The summed E-state index contributed by atoms with van der Waals surface area (Å²) < 4.78 is 10.8. The molecule has 0 heterocycles. The third-order valence-corrected chi connectivity index (χ3v) is 2.64. The molecule has 90 valence electrons. The fourth-order valence-electron chi connectivity index (χ4n) is 1.55. The maximum absolute atomic E-state index is 9.14. The highest BCUT2D eigenvalue weighted by atomic mass is 16.5. The van der Waals surface area contributed by atoms with Gasteiger partial charge in [-0.25, -0.2) is 0 Å². The Morgan fingerprint density at radius 1 is 1.27 bits per heavy atom. The van der Waals surface area contributed by atoms with Crippen LogP contribution in [0.5, 0.6) is 0 Å². The van der Waals surface area contributed by atoms with Gasteiger partial charge in [0.25, 0.3) is 0 Å². The maximum Gasteiger partial charge on any atom is 0.0959 e. The van der Waals surface area contributed by atoms with Crippen molar-refractivity contribution < 1.29 is 14.6 Å². The summed E-state index contributed by atoms with van der Waals surface area (Å²) in [6.07, 6.45) is 2.33. The van der Waals surface area contributed by atoms with Crippen molar-refractivity contribution in [2.75, 3.05) is 19.8 Å². The van der Waals surface area contributed by atoms with E-state index in [-0.39, 0.29) is 24.9 Å². The zero-order valence-electron chi connectivity index (χ0n) is 9.69. The second-order valence-electron chi connectivity index (χ2n) is 4.43. The van der Waals surface area contributed by atoms with Crippen LogP contribution in [0.25, 0.3) is 0 Å². The van der Waals surface area contributed by atoms with Crippen molar-refractivity contribution in [2.45, 2.75) is 44.9 Å². The summed E-state index contributed by atoms with van der Waals surface area (Å²) in [6.45, 7) is 5.04. The van der Waals surface area contributed by atoms with Gasteiger partial charge in [-0.05, 0) is 32.6 Å². The number of aliphatic hydroxyl groups is 1. The Morgan fingerprint density at radius 2 is 1.87 bits per heavy atom. The normalized spacial score (nSPS) is 20.6. The van der Waals surface area contributed by atoms with Gasteiger partial charge in [-0.3, -0.25) is 0 Å². The van der Waals surface area contributed by atoms with Crippen molar-refractivity contribution in [1.29, 1.82) is 0 Å². The Bertz CT molecular complexity index is 171. The number of hydrogen-bond acceptors (Lipinski definition) is 4. The van der Waals surface area contributed by atoms with Gasteiger partial charge in [-0.15, -0.1) is 0 Å². The molecule has 0 bridgehead atoms. The molecule has 1 aliphatic carbocycles. The van der Waals surface area contributed by atoms with Crippen LogP contribution in [-0.2, 0) is 9.47 Å². The maximum atomic E-state index is 9.14. The molecule has 0 aromatic heterocycles. The van der Waals surface area contributed by atoms with Crippen molar-refractivity contribution in [3.63, 3.8) is 0 Å². The minimum Gasteiger partial charge on any atom is -0.394 e. The summed E-state index contributed by atoms with van der Waals surface area (Å²) in [5.74, 6) is 0.549. The van der Waals surface area contributed by atoms with Crippen LogP contribution in [-0.4, -0.2) is 43.2 Å². The Kier molecular flexibility index (Phi) is 5.53. The highest BCUT2D eigenvalue weighted by Gasteiger charge is 2.34. The Morgan fingerprint density at radius 3 is 2.33 bits per heavy atom. The molecule has 0 saturated heterocycles. The van der Waals surface area contributed by atoms with Crippen molar-refractivity contribution in [3.8, 4) is 0 Å². The van der Waals surface area contributed by atoms with E-state index in [1.54, 1.807) is 0 Å². The van der Waals surface area contributed by atoms with E-state index in [1.165, 1.54) is 12.8 Å². The number of hydrogen-bond donors (Lipinski definition) is 2. The molecule has 3 N–H and O–H groups in total. The first kappa shape index (κ1) is 12.9. The lowest BCUT2D eigenvalue weighted by Crippen LogP contribution is -2.41. The Hall–Kier alpha value is -0.160. The average molecular weight is 217 g/mol. The molecule has 2 atom stereocenters. The molecule has 0 aromatic carbocycles. The highest BCUT2D eigenvalue weighted by Crippen LogP contribution is 2.33. The lowest BCUT2D eigenvalue weighted by Gasteiger charge is -2.22.